The van der Waals surface area contributed by atoms with Crippen molar-refractivity contribution in [3.63, 3.8) is 0 Å². The average Bonchev–Trinajstić information content (AvgIpc) is 3.19. The van der Waals surface area contributed by atoms with Gasteiger partial charge in [-0.25, -0.2) is 0 Å². The molecule has 4 rings (SSSR count). The SMILES string of the molecule is Cc1[nH]c2ccccc2c1CC(=O)Oc1ccc(N2CCCC2=O)cc1. The molecule has 0 radical (unpaired) electrons. The third-order valence-corrected chi connectivity index (χ3v) is 4.80. The predicted octanol–water partition coefficient (Wildman–Crippen LogP) is 3.75. The van der Waals surface area contributed by atoms with E-state index in [0.717, 1.165) is 40.8 Å². The first-order chi connectivity index (χ1) is 12.6. The highest BCUT2D eigenvalue weighted by molar-refractivity contribution is 5.95. The highest BCUT2D eigenvalue weighted by atomic mass is 16.5. The van der Waals surface area contributed by atoms with Crippen molar-refractivity contribution >= 4 is 28.5 Å². The Morgan fingerprint density at radius 2 is 1.92 bits per heavy atom. The Morgan fingerprint density at radius 1 is 1.15 bits per heavy atom. The maximum absolute atomic E-state index is 12.4. The molecule has 5 nitrogen and oxygen atoms in total. The Kier molecular flexibility index (Phi) is 4.21. The molecular formula is C21H20N2O3. The number of hydrogen-bond acceptors (Lipinski definition) is 3. The first-order valence-corrected chi connectivity index (χ1v) is 8.79. The van der Waals surface area contributed by atoms with E-state index < -0.39 is 0 Å². The number of ether oxygens (including phenoxy) is 1. The molecule has 0 unspecified atom stereocenters. The number of esters is 1. The molecule has 1 N–H and O–H groups in total. The van der Waals surface area contributed by atoms with Crippen molar-refractivity contribution in [3.05, 3.63) is 59.8 Å². The molecule has 0 aliphatic carbocycles. The second kappa shape index (κ2) is 6.67. The first-order valence-electron chi connectivity index (χ1n) is 8.79. The number of aromatic nitrogens is 1. The highest BCUT2D eigenvalue weighted by Gasteiger charge is 2.21. The lowest BCUT2D eigenvalue weighted by Gasteiger charge is -2.15. The molecule has 3 aromatic rings. The summed E-state index contributed by atoms with van der Waals surface area (Å²) < 4.78 is 5.48. The van der Waals surface area contributed by atoms with Gasteiger partial charge >= 0.3 is 5.97 Å². The number of anilines is 1. The van der Waals surface area contributed by atoms with Gasteiger partial charge in [-0.2, -0.15) is 0 Å². The minimum absolute atomic E-state index is 0.143. The van der Waals surface area contributed by atoms with Crippen molar-refractivity contribution < 1.29 is 14.3 Å². The van der Waals surface area contributed by atoms with Crippen molar-refractivity contribution in [2.75, 3.05) is 11.4 Å². The molecule has 0 saturated carbocycles. The monoisotopic (exact) mass is 348 g/mol. The number of carbonyl (C=O) groups excluding carboxylic acids is 2. The molecule has 1 fully saturated rings. The van der Waals surface area contributed by atoms with Crippen LogP contribution in [0.5, 0.6) is 5.75 Å². The fourth-order valence-electron chi connectivity index (χ4n) is 3.49. The number of amides is 1. The molecule has 132 valence electrons. The van der Waals surface area contributed by atoms with Gasteiger partial charge in [-0.1, -0.05) is 18.2 Å². The number of para-hydroxylation sites is 1. The molecule has 0 spiro atoms. The fraction of sp³-hybridized carbons (Fsp3) is 0.238. The second-order valence-corrected chi connectivity index (χ2v) is 6.57. The maximum atomic E-state index is 12.4. The zero-order valence-electron chi connectivity index (χ0n) is 14.6. The summed E-state index contributed by atoms with van der Waals surface area (Å²) in [5.74, 6) is 0.329. The molecule has 0 bridgehead atoms. The van der Waals surface area contributed by atoms with Crippen molar-refractivity contribution in [3.8, 4) is 5.75 Å². The third-order valence-electron chi connectivity index (χ3n) is 4.80. The summed E-state index contributed by atoms with van der Waals surface area (Å²) in [6, 6.07) is 15.0. The standard InChI is InChI=1S/C21H20N2O3/c1-14-18(17-5-2-3-6-19(17)22-14)13-21(25)26-16-10-8-15(9-11-16)23-12-4-7-20(23)24/h2-3,5-6,8-11,22H,4,7,12-13H2,1H3. The largest absolute Gasteiger partial charge is 0.426 e. The van der Waals surface area contributed by atoms with Crippen molar-refractivity contribution in [2.24, 2.45) is 0 Å². The van der Waals surface area contributed by atoms with Gasteiger partial charge in [0.2, 0.25) is 5.91 Å². The van der Waals surface area contributed by atoms with E-state index >= 15 is 0 Å². The Bertz CT molecular complexity index is 973. The van der Waals surface area contributed by atoms with Crippen LogP contribution in [0.2, 0.25) is 0 Å². The van der Waals surface area contributed by atoms with Crippen LogP contribution in [0.3, 0.4) is 0 Å². The van der Waals surface area contributed by atoms with Gasteiger partial charge in [-0.05, 0) is 49.2 Å². The first kappa shape index (κ1) is 16.4. The molecule has 1 aliphatic rings. The van der Waals surface area contributed by atoms with Gasteiger partial charge in [0.05, 0.1) is 6.42 Å². The van der Waals surface area contributed by atoms with Crippen LogP contribution in [0.1, 0.15) is 24.1 Å². The lowest BCUT2D eigenvalue weighted by atomic mass is 10.1. The van der Waals surface area contributed by atoms with E-state index in [2.05, 4.69) is 4.98 Å². The number of H-pyrrole nitrogens is 1. The summed E-state index contributed by atoms with van der Waals surface area (Å²) in [4.78, 5) is 29.2. The van der Waals surface area contributed by atoms with E-state index in [1.165, 1.54) is 0 Å². The molecule has 0 atom stereocenters. The lowest BCUT2D eigenvalue weighted by molar-refractivity contribution is -0.133. The summed E-state index contributed by atoms with van der Waals surface area (Å²) in [6.45, 7) is 2.71. The summed E-state index contributed by atoms with van der Waals surface area (Å²) in [5, 5.41) is 1.05. The van der Waals surface area contributed by atoms with Crippen LogP contribution in [0.15, 0.2) is 48.5 Å². The number of fused-ring (bicyclic) bond motifs is 1. The average molecular weight is 348 g/mol. The zero-order chi connectivity index (χ0) is 18.1. The Labute approximate surface area is 151 Å². The number of aryl methyl sites for hydroxylation is 1. The molecule has 2 aromatic carbocycles. The molecule has 1 saturated heterocycles. The van der Waals surface area contributed by atoms with Crippen LogP contribution in [-0.4, -0.2) is 23.4 Å². The van der Waals surface area contributed by atoms with Crippen LogP contribution in [0.25, 0.3) is 10.9 Å². The smallest absolute Gasteiger partial charge is 0.315 e. The van der Waals surface area contributed by atoms with E-state index in [1.807, 2.05) is 43.3 Å². The molecule has 2 heterocycles. The van der Waals surface area contributed by atoms with Crippen molar-refractivity contribution in [1.82, 2.24) is 4.98 Å². The van der Waals surface area contributed by atoms with E-state index in [-0.39, 0.29) is 18.3 Å². The molecule has 1 aliphatic heterocycles. The number of hydrogen-bond donors (Lipinski definition) is 1. The van der Waals surface area contributed by atoms with Crippen LogP contribution in [-0.2, 0) is 16.0 Å². The van der Waals surface area contributed by atoms with E-state index in [0.29, 0.717) is 12.2 Å². The third kappa shape index (κ3) is 3.08. The van der Waals surface area contributed by atoms with Gasteiger partial charge < -0.3 is 14.6 Å². The summed E-state index contributed by atoms with van der Waals surface area (Å²) >= 11 is 0. The minimum Gasteiger partial charge on any atom is -0.426 e. The normalized spacial score (nSPS) is 14.2. The topological polar surface area (TPSA) is 62.4 Å². The number of benzene rings is 2. The minimum atomic E-state index is -0.303. The Hall–Kier alpha value is -3.08. The summed E-state index contributed by atoms with van der Waals surface area (Å²) in [6.07, 6.45) is 1.70. The van der Waals surface area contributed by atoms with Gasteiger partial charge in [0.15, 0.2) is 0 Å². The second-order valence-electron chi connectivity index (χ2n) is 6.57. The zero-order valence-corrected chi connectivity index (χ0v) is 14.6. The van der Waals surface area contributed by atoms with Crippen LogP contribution in [0, 0.1) is 6.92 Å². The summed E-state index contributed by atoms with van der Waals surface area (Å²) in [7, 11) is 0. The van der Waals surface area contributed by atoms with E-state index in [9.17, 15) is 9.59 Å². The van der Waals surface area contributed by atoms with Crippen molar-refractivity contribution in [1.29, 1.82) is 0 Å². The quantitative estimate of drug-likeness (QED) is 0.577. The maximum Gasteiger partial charge on any atom is 0.315 e. The van der Waals surface area contributed by atoms with Crippen LogP contribution in [0.4, 0.5) is 5.69 Å². The predicted molar refractivity (Wildman–Crippen MR) is 100 cm³/mol. The van der Waals surface area contributed by atoms with Crippen LogP contribution < -0.4 is 9.64 Å². The number of nitrogens with one attached hydrogen (secondary N) is 1. The van der Waals surface area contributed by atoms with Gasteiger partial charge in [-0.3, -0.25) is 9.59 Å². The fourth-order valence-corrected chi connectivity index (χ4v) is 3.49. The molecule has 5 heteroatoms. The molecule has 26 heavy (non-hydrogen) atoms. The molecular weight excluding hydrogens is 328 g/mol. The number of carbonyl (C=O) groups is 2. The number of aromatic amines is 1. The van der Waals surface area contributed by atoms with Crippen LogP contribution >= 0.6 is 0 Å². The number of rotatable bonds is 4. The van der Waals surface area contributed by atoms with E-state index in [4.69, 9.17) is 4.74 Å². The molecule has 1 aromatic heterocycles. The lowest BCUT2D eigenvalue weighted by Crippen LogP contribution is -2.23. The van der Waals surface area contributed by atoms with Gasteiger partial charge in [0.1, 0.15) is 5.75 Å². The Morgan fingerprint density at radius 3 is 2.65 bits per heavy atom. The Balaban J connectivity index is 1.46. The molecule has 1 amide bonds. The number of nitrogens with zero attached hydrogens (tertiary/aromatic N) is 1. The van der Waals surface area contributed by atoms with Gasteiger partial charge in [0.25, 0.3) is 0 Å². The van der Waals surface area contributed by atoms with Gasteiger partial charge in [-0.15, -0.1) is 0 Å². The van der Waals surface area contributed by atoms with Crippen molar-refractivity contribution in [2.45, 2.75) is 26.2 Å². The van der Waals surface area contributed by atoms with E-state index in [1.54, 1.807) is 17.0 Å². The highest BCUT2D eigenvalue weighted by Crippen LogP contribution is 2.25. The summed E-state index contributed by atoms with van der Waals surface area (Å²) in [5.41, 5.74) is 3.81. The van der Waals surface area contributed by atoms with Gasteiger partial charge in [0, 0.05) is 35.2 Å².